The molecule has 3 aromatic rings. The third-order valence-electron chi connectivity index (χ3n) is 4.18. The van der Waals surface area contributed by atoms with Crippen molar-refractivity contribution in [1.82, 2.24) is 4.57 Å². The number of thioether (sulfide) groups is 1. The fraction of sp³-hybridized carbons (Fsp3) is 0.286. The minimum absolute atomic E-state index is 0.258. The van der Waals surface area contributed by atoms with Crippen LogP contribution in [0.1, 0.15) is 17.3 Å². The van der Waals surface area contributed by atoms with E-state index in [2.05, 4.69) is 4.99 Å². The molecule has 0 bridgehead atoms. The smallest absolute Gasteiger partial charge is 0.338 e. The van der Waals surface area contributed by atoms with Crippen LogP contribution in [0.3, 0.4) is 0 Å². The summed E-state index contributed by atoms with van der Waals surface area (Å²) >= 11 is 15.0. The number of aryl methyl sites for hydroxylation is 1. The van der Waals surface area contributed by atoms with Crippen LogP contribution in [0.15, 0.2) is 41.4 Å². The SMILES string of the molecule is CCOC(=O)c1ccc2c(c1)sc(=NC(=O)COc1ccc(Cl)cc1Cl)n2CCSC. The number of hydrogen-bond donors (Lipinski definition) is 0. The molecule has 0 unspecified atom stereocenters. The Morgan fingerprint density at radius 1 is 1.19 bits per heavy atom. The lowest BCUT2D eigenvalue weighted by Gasteiger charge is -2.06. The molecule has 0 saturated heterocycles. The molecule has 1 aromatic heterocycles. The van der Waals surface area contributed by atoms with Gasteiger partial charge in [-0.05, 0) is 49.6 Å². The van der Waals surface area contributed by atoms with Crippen LogP contribution in [0.2, 0.25) is 10.0 Å². The molecule has 31 heavy (non-hydrogen) atoms. The molecule has 2 aromatic carbocycles. The Bertz CT molecular complexity index is 1170. The topological polar surface area (TPSA) is 69.9 Å². The first-order valence-electron chi connectivity index (χ1n) is 9.37. The van der Waals surface area contributed by atoms with Crippen molar-refractivity contribution in [3.8, 4) is 5.75 Å². The van der Waals surface area contributed by atoms with E-state index in [1.54, 1.807) is 49.0 Å². The van der Waals surface area contributed by atoms with Crippen LogP contribution in [0.5, 0.6) is 5.75 Å². The fourth-order valence-corrected chi connectivity index (χ4v) is 4.71. The van der Waals surface area contributed by atoms with Crippen molar-refractivity contribution in [3.63, 3.8) is 0 Å². The van der Waals surface area contributed by atoms with Crippen molar-refractivity contribution in [1.29, 1.82) is 0 Å². The van der Waals surface area contributed by atoms with Crippen LogP contribution in [0, 0.1) is 0 Å². The Morgan fingerprint density at radius 3 is 2.71 bits per heavy atom. The summed E-state index contributed by atoms with van der Waals surface area (Å²) in [4.78, 5) is 29.3. The molecule has 6 nitrogen and oxygen atoms in total. The van der Waals surface area contributed by atoms with Gasteiger partial charge in [-0.3, -0.25) is 4.79 Å². The molecule has 0 atom stereocenters. The molecule has 0 fully saturated rings. The number of nitrogens with zero attached hydrogens (tertiary/aromatic N) is 2. The quantitative estimate of drug-likeness (QED) is 0.406. The van der Waals surface area contributed by atoms with Gasteiger partial charge in [0, 0.05) is 17.3 Å². The van der Waals surface area contributed by atoms with E-state index in [1.807, 2.05) is 16.9 Å². The summed E-state index contributed by atoms with van der Waals surface area (Å²) in [6.45, 7) is 2.49. The van der Waals surface area contributed by atoms with E-state index in [4.69, 9.17) is 32.7 Å². The highest BCUT2D eigenvalue weighted by Gasteiger charge is 2.13. The average Bonchev–Trinajstić information content (AvgIpc) is 3.07. The number of aromatic nitrogens is 1. The van der Waals surface area contributed by atoms with E-state index in [1.165, 1.54) is 11.3 Å². The molecule has 0 N–H and O–H groups in total. The molecule has 0 aliphatic heterocycles. The lowest BCUT2D eigenvalue weighted by Crippen LogP contribution is -2.20. The van der Waals surface area contributed by atoms with Crippen LogP contribution >= 0.6 is 46.3 Å². The number of hydrogen-bond acceptors (Lipinski definition) is 6. The van der Waals surface area contributed by atoms with Crippen molar-refractivity contribution in [2.45, 2.75) is 13.5 Å². The maximum Gasteiger partial charge on any atom is 0.338 e. The van der Waals surface area contributed by atoms with Crippen molar-refractivity contribution in [3.05, 3.63) is 56.8 Å². The number of carbonyl (C=O) groups is 2. The summed E-state index contributed by atoms with van der Waals surface area (Å²) in [6.07, 6.45) is 2.01. The minimum Gasteiger partial charge on any atom is -0.482 e. The Morgan fingerprint density at radius 2 is 2.00 bits per heavy atom. The van der Waals surface area contributed by atoms with E-state index < -0.39 is 5.91 Å². The number of carbonyl (C=O) groups excluding carboxylic acids is 2. The van der Waals surface area contributed by atoms with Gasteiger partial charge in [0.2, 0.25) is 0 Å². The molecular weight excluding hydrogens is 479 g/mol. The van der Waals surface area contributed by atoms with Crippen LogP contribution < -0.4 is 9.54 Å². The van der Waals surface area contributed by atoms with Gasteiger partial charge in [0.25, 0.3) is 5.91 Å². The van der Waals surface area contributed by atoms with Gasteiger partial charge in [0.15, 0.2) is 11.4 Å². The fourth-order valence-electron chi connectivity index (χ4n) is 2.77. The first-order chi connectivity index (χ1) is 14.9. The Balaban J connectivity index is 1.89. The number of fused-ring (bicyclic) bond motifs is 1. The maximum absolute atomic E-state index is 12.5. The monoisotopic (exact) mass is 498 g/mol. The van der Waals surface area contributed by atoms with E-state index in [0.29, 0.717) is 39.3 Å². The highest BCUT2D eigenvalue weighted by molar-refractivity contribution is 7.98. The summed E-state index contributed by atoms with van der Waals surface area (Å²) in [5.74, 6) is 0.390. The average molecular weight is 499 g/mol. The third kappa shape index (κ3) is 6.04. The van der Waals surface area contributed by atoms with Crippen LogP contribution in [0.25, 0.3) is 10.2 Å². The first-order valence-corrected chi connectivity index (χ1v) is 12.3. The number of benzene rings is 2. The van der Waals surface area contributed by atoms with Crippen LogP contribution in [-0.4, -0.2) is 41.7 Å². The molecule has 164 valence electrons. The third-order valence-corrected chi connectivity index (χ3v) is 6.34. The molecule has 1 amide bonds. The number of ether oxygens (including phenoxy) is 2. The summed E-state index contributed by atoms with van der Waals surface area (Å²) in [5, 5.41) is 0.805. The number of halogens is 2. The van der Waals surface area contributed by atoms with Crippen molar-refractivity contribution < 1.29 is 19.1 Å². The molecule has 1 heterocycles. The van der Waals surface area contributed by atoms with Crippen molar-refractivity contribution >= 4 is 68.4 Å². The summed E-state index contributed by atoms with van der Waals surface area (Å²) < 4.78 is 13.4. The van der Waals surface area contributed by atoms with Gasteiger partial charge in [0.05, 0.1) is 27.4 Å². The number of thiazole rings is 1. The molecule has 0 aliphatic rings. The Kier molecular flexibility index (Phi) is 8.43. The maximum atomic E-state index is 12.5. The van der Waals surface area contributed by atoms with Gasteiger partial charge in [0.1, 0.15) is 5.75 Å². The van der Waals surface area contributed by atoms with Gasteiger partial charge >= 0.3 is 5.97 Å². The second-order valence-electron chi connectivity index (χ2n) is 6.30. The largest absolute Gasteiger partial charge is 0.482 e. The second kappa shape index (κ2) is 11.0. The lowest BCUT2D eigenvalue weighted by atomic mass is 10.2. The van der Waals surface area contributed by atoms with E-state index in [9.17, 15) is 9.59 Å². The molecular formula is C21H20Cl2N2O4S2. The summed E-state index contributed by atoms with van der Waals surface area (Å²) in [7, 11) is 0. The zero-order valence-electron chi connectivity index (χ0n) is 16.9. The first kappa shape index (κ1) is 23.7. The van der Waals surface area contributed by atoms with Gasteiger partial charge in [-0.15, -0.1) is 0 Å². The van der Waals surface area contributed by atoms with Crippen molar-refractivity contribution in [2.24, 2.45) is 4.99 Å². The summed E-state index contributed by atoms with van der Waals surface area (Å²) in [6, 6.07) is 10.1. The number of esters is 1. The van der Waals surface area contributed by atoms with Gasteiger partial charge in [-0.2, -0.15) is 16.8 Å². The van der Waals surface area contributed by atoms with Crippen LogP contribution in [-0.2, 0) is 16.1 Å². The predicted octanol–water partition coefficient (Wildman–Crippen LogP) is 5.06. The molecule has 0 aliphatic carbocycles. The highest BCUT2D eigenvalue weighted by atomic mass is 35.5. The zero-order chi connectivity index (χ0) is 22.4. The highest BCUT2D eigenvalue weighted by Crippen LogP contribution is 2.27. The van der Waals surface area contributed by atoms with Gasteiger partial charge in [-0.25, -0.2) is 4.79 Å². The number of amides is 1. The predicted molar refractivity (Wildman–Crippen MR) is 127 cm³/mol. The van der Waals surface area contributed by atoms with Crippen LogP contribution in [0.4, 0.5) is 0 Å². The lowest BCUT2D eigenvalue weighted by molar-refractivity contribution is -0.120. The zero-order valence-corrected chi connectivity index (χ0v) is 20.0. The van der Waals surface area contributed by atoms with Gasteiger partial charge in [-0.1, -0.05) is 34.5 Å². The molecule has 0 radical (unpaired) electrons. The molecule has 0 saturated carbocycles. The summed E-state index contributed by atoms with van der Waals surface area (Å²) in [5.41, 5.74) is 1.37. The molecule has 0 spiro atoms. The normalized spacial score (nSPS) is 11.7. The van der Waals surface area contributed by atoms with E-state index >= 15 is 0 Å². The molecule has 10 heteroatoms. The number of rotatable bonds is 8. The van der Waals surface area contributed by atoms with E-state index in [0.717, 1.165) is 16.0 Å². The van der Waals surface area contributed by atoms with Gasteiger partial charge < -0.3 is 14.0 Å². The second-order valence-corrected chi connectivity index (χ2v) is 9.14. The molecule has 3 rings (SSSR count). The Hall–Kier alpha value is -2.00. The van der Waals surface area contributed by atoms with Crippen molar-refractivity contribution in [2.75, 3.05) is 25.2 Å². The standard InChI is InChI=1S/C21H20Cl2N2O4S2/c1-3-28-20(27)13-4-6-16-18(10-13)31-21(25(16)8-9-30-2)24-19(26)12-29-17-7-5-14(22)11-15(17)23/h4-7,10-11H,3,8-9,12H2,1-2H3. The minimum atomic E-state index is -0.443. The Labute approximate surface area is 197 Å². The van der Waals surface area contributed by atoms with E-state index in [-0.39, 0.29) is 12.6 Å².